The molecule has 0 unspecified atom stereocenters. The van der Waals surface area contributed by atoms with Crippen LogP contribution in [0.1, 0.15) is 77.0 Å². The summed E-state index contributed by atoms with van der Waals surface area (Å²) in [5.41, 5.74) is 6.58. The fraction of sp³-hybridized carbons (Fsp3) is 0.900. The van der Waals surface area contributed by atoms with Gasteiger partial charge in [-0.15, -0.1) is 0 Å². The lowest BCUT2D eigenvalue weighted by atomic mass is 9.66. The second-order valence-electron chi connectivity index (χ2n) is 8.43. The molecule has 0 bridgehead atoms. The smallest absolute Gasteiger partial charge is 0.326 e. The standard InChI is InChI=1S/C20H34N2O3/c21-18(19(23)22-13-7-12-16(22)20(24)25)17(14-8-3-1-4-9-14)15-10-5-2-6-11-15/h14-18H,1-13,21H2,(H,24,25)/t16-,18-/m0/s1. The van der Waals surface area contributed by atoms with Gasteiger partial charge >= 0.3 is 5.97 Å². The Hall–Kier alpha value is -1.10. The van der Waals surface area contributed by atoms with Crippen molar-refractivity contribution in [1.82, 2.24) is 4.90 Å². The Morgan fingerprint density at radius 1 is 0.840 bits per heavy atom. The first-order valence-electron chi connectivity index (χ1n) is 10.4. The van der Waals surface area contributed by atoms with Crippen molar-refractivity contribution < 1.29 is 14.7 Å². The zero-order valence-electron chi connectivity index (χ0n) is 15.4. The predicted octanol–water partition coefficient (Wildman–Crippen LogP) is 3.17. The van der Waals surface area contributed by atoms with E-state index < -0.39 is 18.1 Å². The monoisotopic (exact) mass is 350 g/mol. The minimum absolute atomic E-state index is 0.106. The molecule has 1 heterocycles. The molecule has 0 aromatic heterocycles. The summed E-state index contributed by atoms with van der Waals surface area (Å²) in [5.74, 6) is 0.336. The van der Waals surface area contributed by atoms with Crippen molar-refractivity contribution in [2.45, 2.75) is 89.1 Å². The summed E-state index contributed by atoms with van der Waals surface area (Å²) in [6.45, 7) is 0.547. The molecule has 0 aromatic carbocycles. The van der Waals surface area contributed by atoms with Crippen LogP contribution in [0.25, 0.3) is 0 Å². The van der Waals surface area contributed by atoms with E-state index in [4.69, 9.17) is 5.73 Å². The van der Waals surface area contributed by atoms with Gasteiger partial charge in [0.1, 0.15) is 6.04 Å². The molecule has 2 atom stereocenters. The van der Waals surface area contributed by atoms with Gasteiger partial charge in [0.25, 0.3) is 0 Å². The van der Waals surface area contributed by atoms with E-state index in [2.05, 4.69) is 0 Å². The molecule has 3 N–H and O–H groups in total. The van der Waals surface area contributed by atoms with Crippen LogP contribution in [0.2, 0.25) is 0 Å². The molecule has 5 heteroatoms. The van der Waals surface area contributed by atoms with Crippen molar-refractivity contribution in [3.05, 3.63) is 0 Å². The van der Waals surface area contributed by atoms with Gasteiger partial charge in [0.2, 0.25) is 5.91 Å². The second-order valence-corrected chi connectivity index (χ2v) is 8.43. The fourth-order valence-corrected chi connectivity index (χ4v) is 5.65. The van der Waals surface area contributed by atoms with Crippen molar-refractivity contribution >= 4 is 11.9 Å². The fourth-order valence-electron chi connectivity index (χ4n) is 5.65. The van der Waals surface area contributed by atoms with Crippen LogP contribution in [0.15, 0.2) is 0 Å². The van der Waals surface area contributed by atoms with Gasteiger partial charge in [-0.05, 0) is 30.6 Å². The van der Waals surface area contributed by atoms with Gasteiger partial charge in [0.15, 0.2) is 0 Å². The number of carboxylic acid groups (broad SMARTS) is 1. The minimum Gasteiger partial charge on any atom is -0.480 e. The van der Waals surface area contributed by atoms with Crippen LogP contribution >= 0.6 is 0 Å². The molecule has 2 saturated carbocycles. The maximum Gasteiger partial charge on any atom is 0.326 e. The molecule has 3 aliphatic rings. The Labute approximate surface area is 151 Å². The summed E-state index contributed by atoms with van der Waals surface area (Å²) in [6, 6.07) is -1.19. The summed E-state index contributed by atoms with van der Waals surface area (Å²) in [5, 5.41) is 9.42. The number of carboxylic acids is 1. The number of amides is 1. The van der Waals surface area contributed by atoms with Crippen LogP contribution in [0, 0.1) is 17.8 Å². The molecule has 3 fully saturated rings. The van der Waals surface area contributed by atoms with E-state index in [0.717, 1.165) is 6.42 Å². The van der Waals surface area contributed by atoms with Crippen molar-refractivity contribution in [3.8, 4) is 0 Å². The number of hydrogen-bond donors (Lipinski definition) is 2. The van der Waals surface area contributed by atoms with Gasteiger partial charge in [-0.25, -0.2) is 4.79 Å². The lowest BCUT2D eigenvalue weighted by Crippen LogP contribution is -2.54. The molecule has 1 saturated heterocycles. The number of nitrogens with two attached hydrogens (primary N) is 1. The lowest BCUT2D eigenvalue weighted by molar-refractivity contribution is -0.149. The molecule has 1 aliphatic heterocycles. The van der Waals surface area contributed by atoms with Gasteiger partial charge in [0.05, 0.1) is 6.04 Å². The molecular formula is C20H34N2O3. The molecule has 142 valence electrons. The topological polar surface area (TPSA) is 83.6 Å². The zero-order valence-corrected chi connectivity index (χ0v) is 15.4. The van der Waals surface area contributed by atoms with E-state index in [0.29, 0.717) is 24.8 Å². The summed E-state index contributed by atoms with van der Waals surface area (Å²) >= 11 is 0. The highest BCUT2D eigenvalue weighted by Crippen LogP contribution is 2.41. The van der Waals surface area contributed by atoms with E-state index in [9.17, 15) is 14.7 Å². The summed E-state index contributed by atoms with van der Waals surface area (Å²) < 4.78 is 0. The van der Waals surface area contributed by atoms with Crippen LogP contribution < -0.4 is 5.73 Å². The van der Waals surface area contributed by atoms with Gasteiger partial charge < -0.3 is 15.7 Å². The van der Waals surface area contributed by atoms with Crippen LogP contribution in [-0.2, 0) is 9.59 Å². The highest BCUT2D eigenvalue weighted by atomic mass is 16.4. The lowest BCUT2D eigenvalue weighted by Gasteiger charge is -2.41. The van der Waals surface area contributed by atoms with Crippen LogP contribution in [0.5, 0.6) is 0 Å². The third-order valence-corrected chi connectivity index (χ3v) is 6.91. The molecule has 2 aliphatic carbocycles. The maximum absolute atomic E-state index is 13.1. The highest BCUT2D eigenvalue weighted by molar-refractivity contribution is 5.87. The van der Waals surface area contributed by atoms with E-state index >= 15 is 0 Å². The quantitative estimate of drug-likeness (QED) is 0.798. The average Bonchev–Trinajstić information content (AvgIpc) is 3.13. The first-order valence-corrected chi connectivity index (χ1v) is 10.4. The van der Waals surface area contributed by atoms with Crippen LogP contribution in [0.3, 0.4) is 0 Å². The van der Waals surface area contributed by atoms with E-state index in [1.54, 1.807) is 4.90 Å². The van der Waals surface area contributed by atoms with E-state index in [1.165, 1.54) is 64.2 Å². The summed E-state index contributed by atoms with van der Waals surface area (Å²) in [6.07, 6.45) is 13.6. The zero-order chi connectivity index (χ0) is 17.8. The van der Waals surface area contributed by atoms with Gasteiger partial charge in [-0.1, -0.05) is 64.2 Å². The van der Waals surface area contributed by atoms with Crippen molar-refractivity contribution in [1.29, 1.82) is 0 Å². The van der Waals surface area contributed by atoms with Gasteiger partial charge in [-0.2, -0.15) is 0 Å². The number of hydrogen-bond acceptors (Lipinski definition) is 3. The van der Waals surface area contributed by atoms with Gasteiger partial charge in [0, 0.05) is 6.54 Å². The second kappa shape index (κ2) is 8.52. The Bertz CT molecular complexity index is 452. The predicted molar refractivity (Wildman–Crippen MR) is 97.0 cm³/mol. The van der Waals surface area contributed by atoms with Crippen molar-refractivity contribution in [2.24, 2.45) is 23.5 Å². The normalized spacial score (nSPS) is 27.6. The SMILES string of the molecule is N[C@H](C(=O)N1CCC[C@H]1C(=O)O)C(C1CCCCC1)C1CCCCC1. The first kappa shape index (κ1) is 18.7. The average molecular weight is 351 g/mol. The Kier molecular flexibility index (Phi) is 6.37. The number of carbonyl (C=O) groups excluding carboxylic acids is 1. The number of nitrogens with zero attached hydrogens (tertiary/aromatic N) is 1. The van der Waals surface area contributed by atoms with E-state index in [1.807, 2.05) is 0 Å². The van der Waals surface area contributed by atoms with E-state index in [-0.39, 0.29) is 11.8 Å². The molecule has 0 aromatic rings. The molecule has 0 spiro atoms. The van der Waals surface area contributed by atoms with Crippen LogP contribution in [-0.4, -0.2) is 40.5 Å². The Morgan fingerprint density at radius 2 is 1.36 bits per heavy atom. The van der Waals surface area contributed by atoms with Crippen molar-refractivity contribution in [3.63, 3.8) is 0 Å². The molecule has 5 nitrogen and oxygen atoms in total. The summed E-state index contributed by atoms with van der Waals surface area (Å²) in [7, 11) is 0. The highest BCUT2D eigenvalue weighted by Gasteiger charge is 2.43. The molecule has 25 heavy (non-hydrogen) atoms. The van der Waals surface area contributed by atoms with Crippen molar-refractivity contribution in [2.75, 3.05) is 6.54 Å². The van der Waals surface area contributed by atoms with Crippen LogP contribution in [0.4, 0.5) is 0 Å². The third-order valence-electron chi connectivity index (χ3n) is 6.91. The number of aliphatic carboxylic acids is 1. The Balaban J connectivity index is 1.76. The Morgan fingerprint density at radius 3 is 1.84 bits per heavy atom. The molecule has 3 rings (SSSR count). The first-order chi connectivity index (χ1) is 12.1. The minimum atomic E-state index is -0.884. The number of carbonyl (C=O) groups is 2. The maximum atomic E-state index is 13.1. The van der Waals surface area contributed by atoms with Gasteiger partial charge in [-0.3, -0.25) is 4.79 Å². The largest absolute Gasteiger partial charge is 0.480 e. The summed E-state index contributed by atoms with van der Waals surface area (Å²) in [4.78, 5) is 26.2. The number of likely N-dealkylation sites (tertiary alicyclic amines) is 1. The molecule has 0 radical (unpaired) electrons. The molecular weight excluding hydrogens is 316 g/mol. The number of rotatable bonds is 5. The molecule has 1 amide bonds. The third kappa shape index (κ3) is 4.18.